The summed E-state index contributed by atoms with van der Waals surface area (Å²) in [5, 5.41) is 2.82. The second kappa shape index (κ2) is 11.8. The minimum absolute atomic E-state index is 0.177. The lowest BCUT2D eigenvalue weighted by molar-refractivity contribution is 0.0947. The van der Waals surface area contributed by atoms with E-state index in [9.17, 15) is 13.2 Å². The molecule has 0 aliphatic heterocycles. The SMILES string of the molecule is COc1cccc(OCCNC(=O)c2ccc(CN(c3ccc(C(C)C)cc3)S(C)(=O)=O)cc2)c1. The number of rotatable bonds is 11. The molecule has 0 radical (unpaired) electrons. The van der Waals surface area contributed by atoms with E-state index in [2.05, 4.69) is 19.2 Å². The van der Waals surface area contributed by atoms with Crippen molar-refractivity contribution >= 4 is 21.6 Å². The Morgan fingerprint density at radius 3 is 2.23 bits per heavy atom. The van der Waals surface area contributed by atoms with Crippen LogP contribution in [0.25, 0.3) is 0 Å². The molecular formula is C27H32N2O5S. The molecule has 0 unspecified atom stereocenters. The molecule has 0 saturated carbocycles. The first kappa shape index (κ1) is 26.1. The molecule has 3 aromatic carbocycles. The third kappa shape index (κ3) is 7.48. The standard InChI is InChI=1S/C27H32N2O5S/c1-20(2)22-12-14-24(15-13-22)29(35(4,31)32)19-21-8-10-23(11-9-21)27(30)28-16-17-34-26-7-5-6-25(18-26)33-3/h5-15,18,20H,16-17,19H2,1-4H3,(H,28,30). The summed E-state index contributed by atoms with van der Waals surface area (Å²) in [6, 6.07) is 21.7. The van der Waals surface area contributed by atoms with Crippen LogP contribution in [0.4, 0.5) is 5.69 Å². The van der Waals surface area contributed by atoms with Crippen LogP contribution in [-0.4, -0.2) is 40.8 Å². The van der Waals surface area contributed by atoms with E-state index in [1.54, 1.807) is 37.4 Å². The van der Waals surface area contributed by atoms with E-state index in [4.69, 9.17) is 9.47 Å². The van der Waals surface area contributed by atoms with E-state index in [1.165, 1.54) is 10.6 Å². The molecule has 0 bridgehead atoms. The predicted molar refractivity (Wildman–Crippen MR) is 139 cm³/mol. The number of methoxy groups -OCH3 is 1. The Hall–Kier alpha value is -3.52. The second-order valence-electron chi connectivity index (χ2n) is 8.50. The predicted octanol–water partition coefficient (Wildman–Crippen LogP) is 4.59. The molecule has 0 aliphatic carbocycles. The van der Waals surface area contributed by atoms with Gasteiger partial charge in [0.2, 0.25) is 10.0 Å². The summed E-state index contributed by atoms with van der Waals surface area (Å²) in [6.45, 7) is 5.02. The average Bonchev–Trinajstić information content (AvgIpc) is 2.85. The number of nitrogens with zero attached hydrogens (tertiary/aromatic N) is 1. The van der Waals surface area contributed by atoms with Gasteiger partial charge in [-0.15, -0.1) is 0 Å². The van der Waals surface area contributed by atoms with Crippen molar-refractivity contribution in [1.82, 2.24) is 5.32 Å². The monoisotopic (exact) mass is 496 g/mol. The van der Waals surface area contributed by atoms with Crippen molar-refractivity contribution in [3.05, 3.63) is 89.5 Å². The summed E-state index contributed by atoms with van der Waals surface area (Å²) in [4.78, 5) is 12.5. The second-order valence-corrected chi connectivity index (χ2v) is 10.4. The van der Waals surface area contributed by atoms with Gasteiger partial charge in [-0.05, 0) is 53.4 Å². The normalized spacial score (nSPS) is 11.2. The van der Waals surface area contributed by atoms with Gasteiger partial charge < -0.3 is 14.8 Å². The maximum atomic E-state index is 12.5. The van der Waals surface area contributed by atoms with Crippen LogP contribution in [0.15, 0.2) is 72.8 Å². The summed E-state index contributed by atoms with van der Waals surface area (Å²) >= 11 is 0. The third-order valence-electron chi connectivity index (χ3n) is 5.49. The molecule has 0 aromatic heterocycles. The first-order valence-electron chi connectivity index (χ1n) is 11.4. The maximum absolute atomic E-state index is 12.5. The summed E-state index contributed by atoms with van der Waals surface area (Å²) < 4.78 is 37.1. The molecule has 7 nitrogen and oxygen atoms in total. The Balaban J connectivity index is 1.57. The third-order valence-corrected chi connectivity index (χ3v) is 6.63. The largest absolute Gasteiger partial charge is 0.497 e. The van der Waals surface area contributed by atoms with Crippen LogP contribution in [0.1, 0.15) is 41.3 Å². The maximum Gasteiger partial charge on any atom is 0.251 e. The van der Waals surface area contributed by atoms with E-state index >= 15 is 0 Å². The highest BCUT2D eigenvalue weighted by molar-refractivity contribution is 7.92. The van der Waals surface area contributed by atoms with Gasteiger partial charge in [0.25, 0.3) is 5.91 Å². The highest BCUT2D eigenvalue weighted by atomic mass is 32.2. The number of hydrogen-bond acceptors (Lipinski definition) is 5. The van der Waals surface area contributed by atoms with Crippen molar-refractivity contribution in [3.63, 3.8) is 0 Å². The van der Waals surface area contributed by atoms with Crippen LogP contribution in [-0.2, 0) is 16.6 Å². The van der Waals surface area contributed by atoms with Gasteiger partial charge >= 0.3 is 0 Å². The molecule has 1 N–H and O–H groups in total. The fourth-order valence-electron chi connectivity index (χ4n) is 3.48. The first-order chi connectivity index (χ1) is 16.7. The Morgan fingerprint density at radius 1 is 0.971 bits per heavy atom. The van der Waals surface area contributed by atoms with Crippen molar-refractivity contribution in [2.24, 2.45) is 0 Å². The fraction of sp³-hybridized carbons (Fsp3) is 0.296. The Bertz CT molecular complexity index is 1220. The molecule has 8 heteroatoms. The molecule has 0 fully saturated rings. The topological polar surface area (TPSA) is 84.9 Å². The van der Waals surface area contributed by atoms with Crippen LogP contribution in [0.3, 0.4) is 0 Å². The van der Waals surface area contributed by atoms with Gasteiger partial charge in [-0.25, -0.2) is 8.42 Å². The summed E-state index contributed by atoms with van der Waals surface area (Å²) in [7, 11) is -1.90. The molecule has 0 spiro atoms. The first-order valence-corrected chi connectivity index (χ1v) is 13.2. The van der Waals surface area contributed by atoms with E-state index in [0.29, 0.717) is 41.8 Å². The number of carbonyl (C=O) groups excluding carboxylic acids is 1. The van der Waals surface area contributed by atoms with Crippen LogP contribution in [0, 0.1) is 0 Å². The van der Waals surface area contributed by atoms with Crippen LogP contribution < -0.4 is 19.1 Å². The Labute approximate surface area is 207 Å². The molecule has 186 valence electrons. The summed E-state index contributed by atoms with van der Waals surface area (Å²) in [5.74, 6) is 1.50. The molecule has 0 saturated heterocycles. The van der Waals surface area contributed by atoms with Crippen molar-refractivity contribution in [3.8, 4) is 11.5 Å². The lowest BCUT2D eigenvalue weighted by Gasteiger charge is -2.23. The lowest BCUT2D eigenvalue weighted by Crippen LogP contribution is -2.29. The lowest BCUT2D eigenvalue weighted by atomic mass is 10.0. The number of ether oxygens (including phenoxy) is 2. The highest BCUT2D eigenvalue weighted by Crippen LogP contribution is 2.24. The number of carbonyl (C=O) groups is 1. The molecular weight excluding hydrogens is 464 g/mol. The molecule has 0 aliphatic rings. The molecule has 0 heterocycles. The van der Waals surface area contributed by atoms with Gasteiger partial charge in [0.05, 0.1) is 32.1 Å². The van der Waals surface area contributed by atoms with Gasteiger partial charge in [0.1, 0.15) is 18.1 Å². The van der Waals surface area contributed by atoms with Gasteiger partial charge in [-0.3, -0.25) is 9.10 Å². The van der Waals surface area contributed by atoms with Crippen molar-refractivity contribution in [2.45, 2.75) is 26.3 Å². The zero-order valence-electron chi connectivity index (χ0n) is 20.5. The summed E-state index contributed by atoms with van der Waals surface area (Å²) in [5.41, 5.74) is 3.02. The number of amides is 1. The zero-order valence-corrected chi connectivity index (χ0v) is 21.3. The smallest absolute Gasteiger partial charge is 0.251 e. The number of anilines is 1. The number of nitrogens with one attached hydrogen (secondary N) is 1. The molecule has 3 aromatic rings. The highest BCUT2D eigenvalue weighted by Gasteiger charge is 2.18. The van der Waals surface area contributed by atoms with Crippen molar-refractivity contribution in [2.75, 3.05) is 30.8 Å². The van der Waals surface area contributed by atoms with Crippen LogP contribution >= 0.6 is 0 Å². The Morgan fingerprint density at radius 2 is 1.63 bits per heavy atom. The number of sulfonamides is 1. The summed E-state index contributed by atoms with van der Waals surface area (Å²) in [6.07, 6.45) is 1.19. The number of hydrogen-bond donors (Lipinski definition) is 1. The van der Waals surface area contributed by atoms with E-state index < -0.39 is 10.0 Å². The van der Waals surface area contributed by atoms with E-state index in [0.717, 1.165) is 11.1 Å². The Kier molecular flexibility index (Phi) is 8.76. The van der Waals surface area contributed by atoms with Crippen molar-refractivity contribution < 1.29 is 22.7 Å². The van der Waals surface area contributed by atoms with Gasteiger partial charge in [-0.1, -0.05) is 44.2 Å². The fourth-order valence-corrected chi connectivity index (χ4v) is 4.37. The van der Waals surface area contributed by atoms with E-state index in [1.807, 2.05) is 42.5 Å². The molecule has 0 atom stereocenters. The average molecular weight is 497 g/mol. The van der Waals surface area contributed by atoms with Crippen molar-refractivity contribution in [1.29, 1.82) is 0 Å². The van der Waals surface area contributed by atoms with Gasteiger partial charge in [-0.2, -0.15) is 0 Å². The van der Waals surface area contributed by atoms with E-state index in [-0.39, 0.29) is 12.5 Å². The zero-order chi connectivity index (χ0) is 25.4. The molecule has 3 rings (SSSR count). The molecule has 35 heavy (non-hydrogen) atoms. The number of benzene rings is 3. The minimum atomic E-state index is -3.49. The van der Waals surface area contributed by atoms with Gasteiger partial charge in [0.15, 0.2) is 0 Å². The quantitative estimate of drug-likeness (QED) is 0.393. The van der Waals surface area contributed by atoms with Crippen LogP contribution in [0.5, 0.6) is 11.5 Å². The van der Waals surface area contributed by atoms with Gasteiger partial charge in [0, 0.05) is 11.6 Å². The minimum Gasteiger partial charge on any atom is -0.497 e. The molecule has 1 amide bonds. The van der Waals surface area contributed by atoms with Crippen LogP contribution in [0.2, 0.25) is 0 Å².